The Morgan fingerprint density at radius 2 is 1.89 bits per heavy atom. The molecular formula is C20H20ClN3O3S. The SMILES string of the molecule is COc1ccc(CCN2C(=O)CS/C2=N/N=C\c2ccc(Cl)cc2)cc1OC. The number of rotatable bonds is 7. The first kappa shape index (κ1) is 20.2. The van der Waals surface area contributed by atoms with Crippen molar-refractivity contribution in [1.82, 2.24) is 4.90 Å². The number of thioether (sulfide) groups is 1. The van der Waals surface area contributed by atoms with Crippen molar-refractivity contribution < 1.29 is 14.3 Å². The molecule has 3 rings (SSSR count). The van der Waals surface area contributed by atoms with Gasteiger partial charge in [0.1, 0.15) is 0 Å². The van der Waals surface area contributed by atoms with Gasteiger partial charge in [-0.05, 0) is 41.8 Å². The molecule has 0 atom stereocenters. The standard InChI is InChI=1S/C20H20ClN3O3S/c1-26-17-8-5-14(11-18(17)27-2)9-10-24-19(25)13-28-20(24)23-22-12-15-3-6-16(21)7-4-15/h3-8,11-12H,9-10,13H2,1-2H3/b22-12-,23-20+. The van der Waals surface area contributed by atoms with Crippen molar-refractivity contribution in [2.75, 3.05) is 26.5 Å². The van der Waals surface area contributed by atoms with Crippen molar-refractivity contribution >= 4 is 40.7 Å². The molecule has 8 heteroatoms. The van der Waals surface area contributed by atoms with E-state index in [0.29, 0.717) is 40.4 Å². The van der Waals surface area contributed by atoms with Crippen molar-refractivity contribution in [3.8, 4) is 11.5 Å². The Hall–Kier alpha value is -2.51. The molecule has 0 aliphatic carbocycles. The lowest BCUT2D eigenvalue weighted by Crippen LogP contribution is -2.31. The van der Waals surface area contributed by atoms with E-state index in [1.54, 1.807) is 37.5 Å². The van der Waals surface area contributed by atoms with Gasteiger partial charge in [-0.2, -0.15) is 5.10 Å². The Bertz CT molecular complexity index is 900. The zero-order valence-electron chi connectivity index (χ0n) is 15.6. The van der Waals surface area contributed by atoms with Crippen molar-refractivity contribution in [3.05, 3.63) is 58.6 Å². The molecule has 1 heterocycles. The van der Waals surface area contributed by atoms with E-state index in [-0.39, 0.29) is 5.91 Å². The van der Waals surface area contributed by atoms with Gasteiger partial charge in [-0.3, -0.25) is 9.69 Å². The summed E-state index contributed by atoms with van der Waals surface area (Å²) in [5.74, 6) is 1.76. The number of halogens is 1. The molecule has 0 bridgehead atoms. The fraction of sp³-hybridized carbons (Fsp3) is 0.250. The number of hydrogen-bond donors (Lipinski definition) is 0. The number of benzene rings is 2. The van der Waals surface area contributed by atoms with Gasteiger partial charge in [0.05, 0.1) is 26.2 Å². The van der Waals surface area contributed by atoms with E-state index in [1.807, 2.05) is 30.3 Å². The van der Waals surface area contributed by atoms with Gasteiger partial charge in [-0.1, -0.05) is 41.6 Å². The van der Waals surface area contributed by atoms with Crippen LogP contribution in [-0.4, -0.2) is 48.7 Å². The lowest BCUT2D eigenvalue weighted by molar-refractivity contribution is -0.124. The molecular weight excluding hydrogens is 398 g/mol. The van der Waals surface area contributed by atoms with Gasteiger partial charge in [0.25, 0.3) is 0 Å². The second-order valence-corrected chi connectivity index (χ2v) is 7.33. The fourth-order valence-electron chi connectivity index (χ4n) is 2.66. The molecule has 0 spiro atoms. The average molecular weight is 418 g/mol. The lowest BCUT2D eigenvalue weighted by atomic mass is 10.1. The maximum atomic E-state index is 12.2. The average Bonchev–Trinajstić information content (AvgIpc) is 3.07. The molecule has 1 saturated heterocycles. The number of hydrogen-bond acceptors (Lipinski definition) is 6. The van der Waals surface area contributed by atoms with E-state index in [2.05, 4.69) is 10.2 Å². The predicted molar refractivity (Wildman–Crippen MR) is 114 cm³/mol. The normalized spacial score (nSPS) is 15.6. The van der Waals surface area contributed by atoms with E-state index < -0.39 is 0 Å². The van der Waals surface area contributed by atoms with Crippen LogP contribution < -0.4 is 9.47 Å². The van der Waals surface area contributed by atoms with Crippen LogP contribution in [0.5, 0.6) is 11.5 Å². The number of amidine groups is 1. The molecule has 1 fully saturated rings. The Kier molecular flexibility index (Phi) is 6.95. The van der Waals surface area contributed by atoms with E-state index in [9.17, 15) is 4.79 Å². The second-order valence-electron chi connectivity index (χ2n) is 5.95. The molecule has 2 aromatic carbocycles. The largest absolute Gasteiger partial charge is 0.493 e. The third-order valence-electron chi connectivity index (χ3n) is 4.15. The summed E-state index contributed by atoms with van der Waals surface area (Å²) in [4.78, 5) is 13.9. The second kappa shape index (κ2) is 9.61. The highest BCUT2D eigenvalue weighted by molar-refractivity contribution is 8.15. The monoisotopic (exact) mass is 417 g/mol. The summed E-state index contributed by atoms with van der Waals surface area (Å²) in [5, 5.41) is 9.61. The highest BCUT2D eigenvalue weighted by atomic mass is 35.5. The van der Waals surface area contributed by atoms with Crippen molar-refractivity contribution in [1.29, 1.82) is 0 Å². The molecule has 6 nitrogen and oxygen atoms in total. The minimum atomic E-state index is 0.0333. The summed E-state index contributed by atoms with van der Waals surface area (Å²) in [6.07, 6.45) is 2.31. The Morgan fingerprint density at radius 3 is 2.61 bits per heavy atom. The van der Waals surface area contributed by atoms with Gasteiger partial charge in [-0.25, -0.2) is 0 Å². The number of ether oxygens (including phenoxy) is 2. The molecule has 0 saturated carbocycles. The number of methoxy groups -OCH3 is 2. The summed E-state index contributed by atoms with van der Waals surface area (Å²) in [5.41, 5.74) is 1.94. The van der Waals surface area contributed by atoms with Crippen LogP contribution >= 0.6 is 23.4 Å². The smallest absolute Gasteiger partial charge is 0.239 e. The Labute approximate surface area is 173 Å². The Morgan fingerprint density at radius 1 is 1.14 bits per heavy atom. The molecule has 0 N–H and O–H groups in total. The summed E-state index contributed by atoms with van der Waals surface area (Å²) in [7, 11) is 3.21. The number of carbonyl (C=O) groups excluding carboxylic acids is 1. The highest BCUT2D eigenvalue weighted by Gasteiger charge is 2.28. The van der Waals surface area contributed by atoms with E-state index >= 15 is 0 Å². The van der Waals surface area contributed by atoms with Crippen LogP contribution in [0.4, 0.5) is 0 Å². The first-order valence-corrected chi connectivity index (χ1v) is 9.97. The lowest BCUT2D eigenvalue weighted by Gasteiger charge is -2.15. The first-order chi connectivity index (χ1) is 13.6. The maximum Gasteiger partial charge on any atom is 0.239 e. The minimum absolute atomic E-state index is 0.0333. The molecule has 28 heavy (non-hydrogen) atoms. The van der Waals surface area contributed by atoms with Crippen LogP contribution in [-0.2, 0) is 11.2 Å². The molecule has 1 aliphatic rings. The maximum absolute atomic E-state index is 12.2. The number of amides is 1. The summed E-state index contributed by atoms with van der Waals surface area (Å²) < 4.78 is 10.6. The quantitative estimate of drug-likeness (QED) is 0.506. The van der Waals surface area contributed by atoms with Crippen molar-refractivity contribution in [3.63, 3.8) is 0 Å². The predicted octanol–water partition coefficient (Wildman–Crippen LogP) is 3.87. The van der Waals surface area contributed by atoms with Gasteiger partial charge < -0.3 is 9.47 Å². The van der Waals surface area contributed by atoms with Crippen LogP contribution in [0.3, 0.4) is 0 Å². The summed E-state index contributed by atoms with van der Waals surface area (Å²) >= 11 is 7.26. The van der Waals surface area contributed by atoms with E-state index in [1.165, 1.54) is 11.8 Å². The number of nitrogens with zero attached hydrogens (tertiary/aromatic N) is 3. The van der Waals surface area contributed by atoms with Gasteiger partial charge in [0, 0.05) is 11.6 Å². The Balaban J connectivity index is 1.66. The van der Waals surface area contributed by atoms with E-state index in [0.717, 1.165) is 11.1 Å². The van der Waals surface area contributed by atoms with Gasteiger partial charge in [-0.15, -0.1) is 5.10 Å². The minimum Gasteiger partial charge on any atom is -0.493 e. The van der Waals surface area contributed by atoms with Gasteiger partial charge >= 0.3 is 0 Å². The summed E-state index contributed by atoms with van der Waals surface area (Å²) in [6.45, 7) is 0.524. The molecule has 0 unspecified atom stereocenters. The molecule has 0 aromatic heterocycles. The van der Waals surface area contributed by atoms with Gasteiger partial charge in [0.2, 0.25) is 5.91 Å². The third-order valence-corrected chi connectivity index (χ3v) is 5.35. The molecule has 1 aliphatic heterocycles. The summed E-state index contributed by atoms with van der Waals surface area (Å²) in [6, 6.07) is 13.0. The fourth-order valence-corrected chi connectivity index (χ4v) is 3.65. The van der Waals surface area contributed by atoms with Crippen LogP contribution in [0.15, 0.2) is 52.7 Å². The zero-order chi connectivity index (χ0) is 19.9. The van der Waals surface area contributed by atoms with E-state index in [4.69, 9.17) is 21.1 Å². The molecule has 146 valence electrons. The van der Waals surface area contributed by atoms with Crippen LogP contribution in [0.1, 0.15) is 11.1 Å². The van der Waals surface area contributed by atoms with Crippen molar-refractivity contribution in [2.24, 2.45) is 10.2 Å². The van der Waals surface area contributed by atoms with Crippen LogP contribution in [0, 0.1) is 0 Å². The van der Waals surface area contributed by atoms with Gasteiger partial charge in [0.15, 0.2) is 16.7 Å². The zero-order valence-corrected chi connectivity index (χ0v) is 17.2. The first-order valence-electron chi connectivity index (χ1n) is 8.61. The highest BCUT2D eigenvalue weighted by Crippen LogP contribution is 2.28. The molecule has 2 aromatic rings. The number of carbonyl (C=O) groups is 1. The van der Waals surface area contributed by atoms with Crippen molar-refractivity contribution in [2.45, 2.75) is 6.42 Å². The third kappa shape index (κ3) is 5.05. The van der Waals surface area contributed by atoms with Crippen LogP contribution in [0.2, 0.25) is 5.02 Å². The molecule has 0 radical (unpaired) electrons. The molecule has 1 amide bonds. The topological polar surface area (TPSA) is 63.5 Å². The van der Waals surface area contributed by atoms with Crippen LogP contribution in [0.25, 0.3) is 0 Å².